The maximum Gasteiger partial charge on any atom is 0.160 e. The molecule has 0 saturated heterocycles. The first-order chi connectivity index (χ1) is 10.2. The van der Waals surface area contributed by atoms with Crippen LogP contribution in [0.25, 0.3) is 0 Å². The summed E-state index contributed by atoms with van der Waals surface area (Å²) in [5.74, 6) is -0.0295. The standard InChI is InChI=1S/C17H17Cl2NO2/c1-17(2,3)11-4-5-15(21)10(6-11)9-20-14-8-12(18)7-13(19)16(14)22/h4-9,21-22H,1-3H3. The molecule has 0 amide bonds. The van der Waals surface area contributed by atoms with Gasteiger partial charge in [-0.05, 0) is 35.2 Å². The van der Waals surface area contributed by atoms with Crippen molar-refractivity contribution in [3.63, 3.8) is 0 Å². The Hall–Kier alpha value is -1.71. The van der Waals surface area contributed by atoms with Crippen molar-refractivity contribution in [2.24, 2.45) is 4.99 Å². The van der Waals surface area contributed by atoms with E-state index in [-0.39, 0.29) is 27.6 Å². The van der Waals surface area contributed by atoms with Gasteiger partial charge in [-0.1, -0.05) is 50.0 Å². The molecule has 0 aliphatic heterocycles. The van der Waals surface area contributed by atoms with E-state index in [4.69, 9.17) is 23.2 Å². The summed E-state index contributed by atoms with van der Waals surface area (Å²) >= 11 is 11.8. The first kappa shape index (κ1) is 16.7. The summed E-state index contributed by atoms with van der Waals surface area (Å²) in [6, 6.07) is 8.31. The van der Waals surface area contributed by atoms with Gasteiger partial charge in [0.1, 0.15) is 11.4 Å². The number of rotatable bonds is 2. The van der Waals surface area contributed by atoms with Gasteiger partial charge in [-0.15, -0.1) is 0 Å². The highest BCUT2D eigenvalue weighted by Gasteiger charge is 2.15. The average Bonchev–Trinajstić information content (AvgIpc) is 2.41. The van der Waals surface area contributed by atoms with Crippen LogP contribution >= 0.6 is 23.2 Å². The van der Waals surface area contributed by atoms with E-state index in [0.29, 0.717) is 10.6 Å². The van der Waals surface area contributed by atoms with Crippen molar-refractivity contribution in [3.05, 3.63) is 51.5 Å². The number of phenolic OH excluding ortho intramolecular Hbond substituents is 2. The fourth-order valence-electron chi connectivity index (χ4n) is 1.91. The van der Waals surface area contributed by atoms with Crippen LogP contribution in [0.2, 0.25) is 10.0 Å². The minimum atomic E-state index is -0.145. The molecule has 116 valence electrons. The molecule has 0 spiro atoms. The fraction of sp³-hybridized carbons (Fsp3) is 0.235. The zero-order valence-electron chi connectivity index (χ0n) is 12.6. The summed E-state index contributed by atoms with van der Waals surface area (Å²) in [5, 5.41) is 20.3. The molecule has 0 aliphatic carbocycles. The molecular formula is C17H17Cl2NO2. The second-order valence-electron chi connectivity index (χ2n) is 6.04. The van der Waals surface area contributed by atoms with Crippen molar-refractivity contribution >= 4 is 35.1 Å². The molecule has 0 aliphatic rings. The van der Waals surface area contributed by atoms with Crippen LogP contribution in [0, 0.1) is 0 Å². The molecule has 5 heteroatoms. The SMILES string of the molecule is CC(C)(C)c1ccc(O)c(C=Nc2cc(Cl)cc(Cl)c2O)c1. The lowest BCUT2D eigenvalue weighted by Gasteiger charge is -2.19. The van der Waals surface area contributed by atoms with Gasteiger partial charge in [-0.3, -0.25) is 4.99 Å². The molecule has 0 fully saturated rings. The molecule has 2 N–H and O–H groups in total. The molecule has 2 aromatic rings. The summed E-state index contributed by atoms with van der Waals surface area (Å²) in [6.45, 7) is 6.26. The Labute approximate surface area is 139 Å². The minimum Gasteiger partial charge on any atom is -0.507 e. The topological polar surface area (TPSA) is 52.8 Å². The smallest absolute Gasteiger partial charge is 0.160 e. The van der Waals surface area contributed by atoms with Gasteiger partial charge in [0.15, 0.2) is 5.75 Å². The van der Waals surface area contributed by atoms with Gasteiger partial charge >= 0.3 is 0 Å². The Morgan fingerprint density at radius 3 is 2.36 bits per heavy atom. The van der Waals surface area contributed by atoms with Crippen molar-refractivity contribution in [1.82, 2.24) is 0 Å². The van der Waals surface area contributed by atoms with Crippen LogP contribution in [0.4, 0.5) is 5.69 Å². The molecule has 0 radical (unpaired) electrons. The Kier molecular flexibility index (Phi) is 4.69. The first-order valence-electron chi connectivity index (χ1n) is 6.74. The summed E-state index contributed by atoms with van der Waals surface area (Å²) in [7, 11) is 0. The number of halogens is 2. The molecule has 0 atom stereocenters. The number of nitrogens with zero attached hydrogens (tertiary/aromatic N) is 1. The highest BCUT2D eigenvalue weighted by molar-refractivity contribution is 6.36. The van der Waals surface area contributed by atoms with Gasteiger partial charge < -0.3 is 10.2 Å². The van der Waals surface area contributed by atoms with Crippen LogP contribution in [-0.4, -0.2) is 16.4 Å². The highest BCUT2D eigenvalue weighted by Crippen LogP contribution is 2.37. The Morgan fingerprint density at radius 2 is 1.73 bits per heavy atom. The Balaban J connectivity index is 2.43. The predicted molar refractivity (Wildman–Crippen MR) is 92.2 cm³/mol. The quantitative estimate of drug-likeness (QED) is 0.715. The van der Waals surface area contributed by atoms with Gasteiger partial charge in [0, 0.05) is 16.8 Å². The second-order valence-corrected chi connectivity index (χ2v) is 6.88. The lowest BCUT2D eigenvalue weighted by Crippen LogP contribution is -2.11. The van der Waals surface area contributed by atoms with Gasteiger partial charge in [0.2, 0.25) is 0 Å². The van der Waals surface area contributed by atoms with Crippen molar-refractivity contribution in [3.8, 4) is 11.5 Å². The van der Waals surface area contributed by atoms with E-state index in [0.717, 1.165) is 5.56 Å². The van der Waals surface area contributed by atoms with Crippen molar-refractivity contribution in [1.29, 1.82) is 0 Å². The van der Waals surface area contributed by atoms with E-state index in [1.807, 2.05) is 12.1 Å². The molecule has 0 unspecified atom stereocenters. The molecule has 0 saturated carbocycles. The van der Waals surface area contributed by atoms with Gasteiger partial charge in [0.05, 0.1) is 5.02 Å². The molecular weight excluding hydrogens is 321 g/mol. The van der Waals surface area contributed by atoms with Gasteiger partial charge in [-0.2, -0.15) is 0 Å². The van der Waals surface area contributed by atoms with Crippen LogP contribution in [0.3, 0.4) is 0 Å². The van der Waals surface area contributed by atoms with Crippen LogP contribution < -0.4 is 0 Å². The number of benzene rings is 2. The summed E-state index contributed by atoms with van der Waals surface area (Å²) in [4.78, 5) is 4.18. The normalized spacial score (nSPS) is 12.0. The summed E-state index contributed by atoms with van der Waals surface area (Å²) in [5.41, 5.74) is 1.83. The number of aromatic hydroxyl groups is 2. The van der Waals surface area contributed by atoms with Crippen molar-refractivity contribution in [2.75, 3.05) is 0 Å². The van der Waals surface area contributed by atoms with Crippen LogP contribution in [0.5, 0.6) is 11.5 Å². The van der Waals surface area contributed by atoms with E-state index in [2.05, 4.69) is 25.8 Å². The molecule has 0 bridgehead atoms. The molecule has 0 aromatic heterocycles. The number of aliphatic imine (C=N–C) groups is 1. The molecule has 2 rings (SSSR count). The lowest BCUT2D eigenvalue weighted by atomic mass is 9.86. The number of phenols is 2. The van der Waals surface area contributed by atoms with Gasteiger partial charge in [0.25, 0.3) is 0 Å². The molecule has 22 heavy (non-hydrogen) atoms. The average molecular weight is 338 g/mol. The van der Waals surface area contributed by atoms with E-state index in [9.17, 15) is 10.2 Å². The van der Waals surface area contributed by atoms with Crippen LogP contribution in [0.1, 0.15) is 31.9 Å². The van der Waals surface area contributed by atoms with Crippen molar-refractivity contribution < 1.29 is 10.2 Å². The maximum atomic E-state index is 9.95. The molecule has 3 nitrogen and oxygen atoms in total. The van der Waals surface area contributed by atoms with Crippen LogP contribution in [-0.2, 0) is 5.41 Å². The van der Waals surface area contributed by atoms with E-state index in [1.54, 1.807) is 6.07 Å². The summed E-state index contributed by atoms with van der Waals surface area (Å²) < 4.78 is 0. The van der Waals surface area contributed by atoms with Crippen LogP contribution in [0.15, 0.2) is 35.3 Å². The lowest BCUT2D eigenvalue weighted by molar-refractivity contribution is 0.472. The highest BCUT2D eigenvalue weighted by atomic mass is 35.5. The Bertz CT molecular complexity index is 734. The largest absolute Gasteiger partial charge is 0.507 e. The fourth-order valence-corrected chi connectivity index (χ4v) is 2.40. The number of hydrogen-bond acceptors (Lipinski definition) is 3. The van der Waals surface area contributed by atoms with E-state index in [1.165, 1.54) is 18.3 Å². The third kappa shape index (κ3) is 3.73. The maximum absolute atomic E-state index is 9.95. The number of hydrogen-bond donors (Lipinski definition) is 2. The summed E-state index contributed by atoms with van der Waals surface area (Å²) in [6.07, 6.45) is 1.48. The van der Waals surface area contributed by atoms with E-state index < -0.39 is 0 Å². The molecule has 0 heterocycles. The zero-order valence-corrected chi connectivity index (χ0v) is 14.1. The minimum absolute atomic E-state index is 0.0439. The van der Waals surface area contributed by atoms with Crippen molar-refractivity contribution in [2.45, 2.75) is 26.2 Å². The monoisotopic (exact) mass is 337 g/mol. The van der Waals surface area contributed by atoms with Gasteiger partial charge in [-0.25, -0.2) is 0 Å². The Morgan fingerprint density at radius 1 is 1.05 bits per heavy atom. The van der Waals surface area contributed by atoms with E-state index >= 15 is 0 Å². The predicted octanol–water partition coefficient (Wildman–Crippen LogP) is 5.45. The third-order valence-corrected chi connectivity index (χ3v) is 3.75. The molecule has 2 aromatic carbocycles. The third-order valence-electron chi connectivity index (χ3n) is 3.24. The first-order valence-corrected chi connectivity index (χ1v) is 7.49. The zero-order chi connectivity index (χ0) is 16.5. The second kappa shape index (κ2) is 6.19.